The Morgan fingerprint density at radius 1 is 0.875 bits per heavy atom. The molecule has 0 saturated heterocycles. The van der Waals surface area contributed by atoms with Crippen LogP contribution in [0.4, 0.5) is 0 Å². The van der Waals surface area contributed by atoms with Gasteiger partial charge >= 0.3 is 0 Å². The van der Waals surface area contributed by atoms with Crippen LogP contribution in [-0.4, -0.2) is 15.7 Å². The largest absolute Gasteiger partial charge is 0.176 e. The van der Waals surface area contributed by atoms with Crippen molar-refractivity contribution in [2.24, 2.45) is 0 Å². The fraction of sp³-hybridized carbons (Fsp3) is 1.00. The second-order valence-electron chi connectivity index (χ2n) is 2.26. The first-order valence-electron chi connectivity index (χ1n) is 2.74. The van der Waals surface area contributed by atoms with E-state index in [0.29, 0.717) is 15.7 Å². The van der Waals surface area contributed by atoms with Gasteiger partial charge in [0.2, 0.25) is 0 Å². The highest BCUT2D eigenvalue weighted by Gasteiger charge is 2.26. The van der Waals surface area contributed by atoms with Crippen LogP contribution in [0.3, 0.4) is 0 Å². The quantitative estimate of drug-likeness (QED) is 0.448. The normalized spacial score (nSPS) is 47.6. The van der Waals surface area contributed by atoms with Gasteiger partial charge in [0.15, 0.2) is 0 Å². The Labute approximate surface area is 66.7 Å². The van der Waals surface area contributed by atoms with Crippen LogP contribution in [0.15, 0.2) is 0 Å². The highest BCUT2D eigenvalue weighted by molar-refractivity contribution is 7.85. The number of hydrogen-bond acceptors (Lipinski definition) is 3. The molecule has 1 aliphatic carbocycles. The molecular formula is C5H10S3. The molecule has 1 rings (SSSR count). The highest BCUT2D eigenvalue weighted by atomic mass is 32.1. The van der Waals surface area contributed by atoms with Gasteiger partial charge in [0.05, 0.1) is 0 Å². The molecule has 1 aliphatic rings. The van der Waals surface area contributed by atoms with E-state index < -0.39 is 0 Å². The summed E-state index contributed by atoms with van der Waals surface area (Å²) in [6, 6.07) is 0. The minimum atomic E-state index is 0.473. The molecule has 0 aromatic carbocycles. The van der Waals surface area contributed by atoms with Crippen molar-refractivity contribution in [1.82, 2.24) is 0 Å². The molecule has 1 saturated carbocycles. The number of hydrogen-bond donors (Lipinski definition) is 3. The lowest BCUT2D eigenvalue weighted by Crippen LogP contribution is -2.04. The minimum Gasteiger partial charge on any atom is -0.176 e. The van der Waals surface area contributed by atoms with Crippen molar-refractivity contribution in [3.63, 3.8) is 0 Å². The van der Waals surface area contributed by atoms with Crippen LogP contribution in [-0.2, 0) is 0 Å². The molecule has 48 valence electrons. The lowest BCUT2D eigenvalue weighted by atomic mass is 10.4. The van der Waals surface area contributed by atoms with Gasteiger partial charge in [-0.3, -0.25) is 0 Å². The number of thiol groups is 3. The Bertz CT molecular complexity index is 73.7. The lowest BCUT2D eigenvalue weighted by Gasteiger charge is -2.03. The zero-order valence-electron chi connectivity index (χ0n) is 4.49. The van der Waals surface area contributed by atoms with Gasteiger partial charge in [0, 0.05) is 15.7 Å². The molecule has 0 N–H and O–H groups in total. The van der Waals surface area contributed by atoms with E-state index in [1.54, 1.807) is 0 Å². The average molecular weight is 166 g/mol. The average Bonchev–Trinajstić information content (AvgIpc) is 1.85. The van der Waals surface area contributed by atoms with Crippen molar-refractivity contribution in [2.45, 2.75) is 28.6 Å². The summed E-state index contributed by atoms with van der Waals surface area (Å²) in [6.07, 6.45) is 2.22. The summed E-state index contributed by atoms with van der Waals surface area (Å²) in [6.45, 7) is 0. The molecule has 3 heteroatoms. The SMILES string of the molecule is SC1CC(S)C(S)C1. The Morgan fingerprint density at radius 2 is 1.25 bits per heavy atom. The highest BCUT2D eigenvalue weighted by Crippen LogP contribution is 2.31. The molecule has 0 amide bonds. The first-order chi connectivity index (χ1) is 3.70. The third-order valence-electron chi connectivity index (χ3n) is 1.47. The fourth-order valence-corrected chi connectivity index (χ4v) is 2.51. The van der Waals surface area contributed by atoms with E-state index >= 15 is 0 Å². The zero-order valence-corrected chi connectivity index (χ0v) is 7.17. The first kappa shape index (κ1) is 7.16. The third-order valence-corrected chi connectivity index (χ3v) is 3.27. The molecule has 0 bridgehead atoms. The van der Waals surface area contributed by atoms with Gasteiger partial charge in [-0.05, 0) is 12.8 Å². The Morgan fingerprint density at radius 3 is 1.38 bits per heavy atom. The summed E-state index contributed by atoms with van der Waals surface area (Å²) in [5.74, 6) is 0. The minimum absolute atomic E-state index is 0.473. The Kier molecular flexibility index (Phi) is 2.47. The van der Waals surface area contributed by atoms with Crippen LogP contribution in [0, 0.1) is 0 Å². The first-order valence-corrected chi connectivity index (χ1v) is 4.29. The molecular weight excluding hydrogens is 156 g/mol. The van der Waals surface area contributed by atoms with Crippen LogP contribution in [0.1, 0.15) is 12.8 Å². The summed E-state index contributed by atoms with van der Waals surface area (Å²) in [4.78, 5) is 0. The van der Waals surface area contributed by atoms with Crippen LogP contribution in [0.2, 0.25) is 0 Å². The maximum Gasteiger partial charge on any atom is 0.0144 e. The van der Waals surface area contributed by atoms with Gasteiger partial charge in [0.25, 0.3) is 0 Å². The molecule has 0 heterocycles. The Balaban J connectivity index is 2.39. The van der Waals surface area contributed by atoms with Gasteiger partial charge in [-0.15, -0.1) is 0 Å². The zero-order chi connectivity index (χ0) is 6.15. The van der Waals surface area contributed by atoms with Gasteiger partial charge in [-0.1, -0.05) is 0 Å². The van der Waals surface area contributed by atoms with E-state index in [1.807, 2.05) is 0 Å². The van der Waals surface area contributed by atoms with Crippen LogP contribution in [0.5, 0.6) is 0 Å². The van der Waals surface area contributed by atoms with Crippen molar-refractivity contribution in [3.8, 4) is 0 Å². The smallest absolute Gasteiger partial charge is 0.0144 e. The van der Waals surface area contributed by atoms with Crippen LogP contribution in [0.25, 0.3) is 0 Å². The Hall–Kier alpha value is 1.05. The molecule has 0 aliphatic heterocycles. The van der Waals surface area contributed by atoms with Crippen molar-refractivity contribution in [2.75, 3.05) is 0 Å². The van der Waals surface area contributed by atoms with Crippen LogP contribution < -0.4 is 0 Å². The van der Waals surface area contributed by atoms with E-state index in [0.717, 1.165) is 12.8 Å². The maximum atomic E-state index is 4.32. The molecule has 1 fully saturated rings. The molecule has 8 heavy (non-hydrogen) atoms. The summed E-state index contributed by atoms with van der Waals surface area (Å²) in [7, 11) is 0. The van der Waals surface area contributed by atoms with Gasteiger partial charge < -0.3 is 0 Å². The molecule has 0 aromatic heterocycles. The van der Waals surface area contributed by atoms with Gasteiger partial charge in [-0.2, -0.15) is 37.9 Å². The van der Waals surface area contributed by atoms with Crippen molar-refractivity contribution in [3.05, 3.63) is 0 Å². The van der Waals surface area contributed by atoms with E-state index in [1.165, 1.54) is 0 Å². The molecule has 0 spiro atoms. The predicted octanol–water partition coefficient (Wildman–Crippen LogP) is 1.68. The van der Waals surface area contributed by atoms with Crippen molar-refractivity contribution >= 4 is 37.9 Å². The number of rotatable bonds is 0. The summed E-state index contributed by atoms with van der Waals surface area (Å²) < 4.78 is 0. The maximum absolute atomic E-state index is 4.32. The molecule has 0 radical (unpaired) electrons. The third kappa shape index (κ3) is 1.52. The van der Waals surface area contributed by atoms with E-state index in [-0.39, 0.29) is 0 Å². The van der Waals surface area contributed by atoms with Gasteiger partial charge in [0.1, 0.15) is 0 Å². The van der Waals surface area contributed by atoms with Crippen molar-refractivity contribution < 1.29 is 0 Å². The topological polar surface area (TPSA) is 0 Å². The summed E-state index contributed by atoms with van der Waals surface area (Å²) in [5, 5.41) is 1.49. The summed E-state index contributed by atoms with van der Waals surface area (Å²) >= 11 is 13.0. The second-order valence-corrected chi connectivity index (χ2v) is 4.32. The van der Waals surface area contributed by atoms with E-state index in [2.05, 4.69) is 37.9 Å². The predicted molar refractivity (Wildman–Crippen MR) is 47.6 cm³/mol. The van der Waals surface area contributed by atoms with Crippen molar-refractivity contribution in [1.29, 1.82) is 0 Å². The van der Waals surface area contributed by atoms with E-state index in [9.17, 15) is 0 Å². The molecule has 2 unspecified atom stereocenters. The molecule has 0 aromatic rings. The summed E-state index contributed by atoms with van der Waals surface area (Å²) in [5.41, 5.74) is 0. The molecule has 0 nitrogen and oxygen atoms in total. The standard InChI is InChI=1S/C5H10S3/c6-3-1-4(7)5(8)2-3/h3-8H,1-2H2. The molecule has 2 atom stereocenters. The van der Waals surface area contributed by atoms with Gasteiger partial charge in [-0.25, -0.2) is 0 Å². The van der Waals surface area contributed by atoms with Crippen LogP contribution >= 0.6 is 37.9 Å². The lowest BCUT2D eigenvalue weighted by molar-refractivity contribution is 0.922. The monoisotopic (exact) mass is 166 g/mol. The fourth-order valence-electron chi connectivity index (χ4n) is 0.968. The van der Waals surface area contributed by atoms with E-state index in [4.69, 9.17) is 0 Å². The second kappa shape index (κ2) is 2.76.